The minimum absolute atomic E-state index is 0.306. The molecule has 4 heteroatoms. The summed E-state index contributed by atoms with van der Waals surface area (Å²) in [5.41, 5.74) is 1.51. The smallest absolute Gasteiger partial charge is 0.409 e. The molecule has 0 spiro atoms. The topological polar surface area (TPSA) is 52.2 Å². The van der Waals surface area contributed by atoms with Gasteiger partial charge in [0, 0.05) is 0 Å². The van der Waals surface area contributed by atoms with E-state index in [4.69, 9.17) is 4.42 Å². The van der Waals surface area contributed by atoms with Gasteiger partial charge in [-0.1, -0.05) is 29.8 Å². The summed E-state index contributed by atoms with van der Waals surface area (Å²) in [4.78, 5) is 24.3. The van der Waals surface area contributed by atoms with E-state index in [1.165, 1.54) is 0 Å². The fourth-order valence-electron chi connectivity index (χ4n) is 1.99. The maximum atomic E-state index is 12.3. The van der Waals surface area contributed by atoms with Crippen LogP contribution >= 0.6 is 0 Å². The minimum atomic E-state index is -0.674. The van der Waals surface area contributed by atoms with Gasteiger partial charge in [0.15, 0.2) is 0 Å². The van der Waals surface area contributed by atoms with Crippen molar-refractivity contribution in [3.05, 3.63) is 75.0 Å². The number of aromatic nitrogens is 1. The number of aryl methyl sites for hydroxylation is 1. The monoisotopic (exact) mass is 253 g/mol. The molecule has 1 aromatic heterocycles. The molecule has 0 saturated carbocycles. The van der Waals surface area contributed by atoms with Crippen molar-refractivity contribution in [3.63, 3.8) is 0 Å². The first-order chi connectivity index (χ1) is 9.16. The lowest BCUT2D eigenvalue weighted by atomic mass is 10.2. The highest BCUT2D eigenvalue weighted by Crippen LogP contribution is 2.09. The summed E-state index contributed by atoms with van der Waals surface area (Å²) >= 11 is 0. The fourth-order valence-corrected chi connectivity index (χ4v) is 1.99. The van der Waals surface area contributed by atoms with E-state index in [1.807, 2.05) is 19.1 Å². The average Bonchev–Trinajstić information content (AvgIpc) is 2.41. The number of para-hydroxylation sites is 1. The molecule has 0 bridgehead atoms. The van der Waals surface area contributed by atoms with Crippen LogP contribution in [0, 0.1) is 6.92 Å². The molecule has 0 radical (unpaired) electrons. The molecule has 3 aromatic rings. The molecule has 0 aliphatic rings. The van der Waals surface area contributed by atoms with Crippen molar-refractivity contribution in [1.82, 2.24) is 4.57 Å². The van der Waals surface area contributed by atoms with E-state index < -0.39 is 5.76 Å². The molecule has 0 unspecified atom stereocenters. The van der Waals surface area contributed by atoms with E-state index in [-0.39, 0.29) is 5.56 Å². The molecule has 0 aliphatic carbocycles. The lowest BCUT2D eigenvalue weighted by Gasteiger charge is -2.05. The Hall–Kier alpha value is -2.62. The van der Waals surface area contributed by atoms with Crippen molar-refractivity contribution in [1.29, 1.82) is 0 Å². The first-order valence-corrected chi connectivity index (χ1v) is 5.89. The number of rotatable bonds is 1. The molecule has 94 valence electrons. The van der Waals surface area contributed by atoms with E-state index >= 15 is 0 Å². The van der Waals surface area contributed by atoms with Gasteiger partial charge in [-0.25, -0.2) is 9.36 Å². The zero-order valence-corrected chi connectivity index (χ0v) is 10.3. The largest absolute Gasteiger partial charge is 0.426 e. The second kappa shape index (κ2) is 4.24. The summed E-state index contributed by atoms with van der Waals surface area (Å²) in [6.45, 7) is 1.94. The quantitative estimate of drug-likeness (QED) is 0.668. The van der Waals surface area contributed by atoms with Crippen LogP contribution in [0.1, 0.15) is 5.56 Å². The second-order valence-corrected chi connectivity index (χ2v) is 4.34. The maximum absolute atomic E-state index is 12.3. The van der Waals surface area contributed by atoms with E-state index in [0.717, 1.165) is 10.1 Å². The summed E-state index contributed by atoms with van der Waals surface area (Å²) in [6, 6.07) is 13.9. The molecule has 1 heterocycles. The molecule has 2 aromatic carbocycles. The Morgan fingerprint density at radius 1 is 0.947 bits per heavy atom. The maximum Gasteiger partial charge on any atom is 0.426 e. The van der Waals surface area contributed by atoms with Gasteiger partial charge < -0.3 is 4.42 Å². The first kappa shape index (κ1) is 11.5. The molecule has 0 amide bonds. The number of fused-ring (bicyclic) bond motifs is 1. The van der Waals surface area contributed by atoms with Gasteiger partial charge in [0.25, 0.3) is 5.56 Å². The van der Waals surface area contributed by atoms with Crippen LogP contribution in [-0.2, 0) is 0 Å². The van der Waals surface area contributed by atoms with Crippen LogP contribution in [-0.4, -0.2) is 4.57 Å². The molecule has 0 saturated heterocycles. The standard InChI is InChI=1S/C15H11NO3/c1-10-6-8-11(9-7-10)16-14(17)12-4-2-3-5-13(12)19-15(16)18/h2-9H,1H3. The third-order valence-electron chi connectivity index (χ3n) is 2.99. The Bertz CT molecular complexity index is 857. The fraction of sp³-hybridized carbons (Fsp3) is 0.0667. The van der Waals surface area contributed by atoms with Crippen molar-refractivity contribution in [2.24, 2.45) is 0 Å². The third kappa shape index (κ3) is 1.87. The van der Waals surface area contributed by atoms with Gasteiger partial charge in [-0.15, -0.1) is 0 Å². The second-order valence-electron chi connectivity index (χ2n) is 4.34. The third-order valence-corrected chi connectivity index (χ3v) is 2.99. The van der Waals surface area contributed by atoms with Crippen molar-refractivity contribution >= 4 is 11.0 Å². The van der Waals surface area contributed by atoms with Gasteiger partial charge in [0.05, 0.1) is 11.1 Å². The predicted octanol–water partition coefficient (Wildman–Crippen LogP) is 2.25. The molecule has 0 atom stereocenters. The van der Waals surface area contributed by atoms with Crippen LogP contribution in [0.4, 0.5) is 0 Å². The molecule has 3 rings (SSSR count). The Morgan fingerprint density at radius 2 is 1.63 bits per heavy atom. The van der Waals surface area contributed by atoms with Crippen molar-refractivity contribution in [2.75, 3.05) is 0 Å². The molecular formula is C15H11NO3. The molecule has 19 heavy (non-hydrogen) atoms. The molecule has 4 nitrogen and oxygen atoms in total. The number of benzene rings is 2. The Balaban J connectivity index is 2.39. The Kier molecular flexibility index (Phi) is 2.56. The zero-order valence-electron chi connectivity index (χ0n) is 10.3. The highest BCUT2D eigenvalue weighted by atomic mass is 16.4. The SMILES string of the molecule is Cc1ccc(-n2c(=O)oc3ccccc3c2=O)cc1. The number of hydrogen-bond donors (Lipinski definition) is 0. The molecule has 0 aliphatic heterocycles. The first-order valence-electron chi connectivity index (χ1n) is 5.89. The number of hydrogen-bond acceptors (Lipinski definition) is 3. The van der Waals surface area contributed by atoms with Gasteiger partial charge in [-0.05, 0) is 31.2 Å². The minimum Gasteiger partial charge on any atom is -0.409 e. The Morgan fingerprint density at radius 3 is 2.37 bits per heavy atom. The van der Waals surface area contributed by atoms with Gasteiger partial charge >= 0.3 is 5.76 Å². The Labute approximate surface area is 108 Å². The van der Waals surface area contributed by atoms with Crippen LogP contribution in [0.2, 0.25) is 0 Å². The van der Waals surface area contributed by atoms with Crippen molar-refractivity contribution < 1.29 is 4.42 Å². The van der Waals surface area contributed by atoms with Gasteiger partial charge in [0.2, 0.25) is 0 Å². The van der Waals surface area contributed by atoms with Crippen LogP contribution in [0.25, 0.3) is 16.7 Å². The van der Waals surface area contributed by atoms with E-state index in [9.17, 15) is 9.59 Å². The summed E-state index contributed by atoms with van der Waals surface area (Å²) in [5.74, 6) is -0.674. The summed E-state index contributed by atoms with van der Waals surface area (Å²) in [5, 5.41) is 0.391. The lowest BCUT2D eigenvalue weighted by Crippen LogP contribution is -2.30. The summed E-state index contributed by atoms with van der Waals surface area (Å²) < 4.78 is 6.21. The summed E-state index contributed by atoms with van der Waals surface area (Å²) in [6.07, 6.45) is 0. The molecule has 0 N–H and O–H groups in total. The van der Waals surface area contributed by atoms with Gasteiger partial charge in [0.1, 0.15) is 5.58 Å². The predicted molar refractivity (Wildman–Crippen MR) is 72.8 cm³/mol. The zero-order chi connectivity index (χ0) is 13.4. The average molecular weight is 253 g/mol. The van der Waals surface area contributed by atoms with E-state index in [2.05, 4.69) is 0 Å². The highest BCUT2D eigenvalue weighted by molar-refractivity contribution is 5.75. The van der Waals surface area contributed by atoms with Crippen LogP contribution in [0.3, 0.4) is 0 Å². The number of nitrogens with zero attached hydrogens (tertiary/aromatic N) is 1. The van der Waals surface area contributed by atoms with Gasteiger partial charge in [-0.3, -0.25) is 4.79 Å². The lowest BCUT2D eigenvalue weighted by molar-refractivity contribution is 0.504. The van der Waals surface area contributed by atoms with E-state index in [0.29, 0.717) is 16.7 Å². The van der Waals surface area contributed by atoms with Crippen molar-refractivity contribution in [2.45, 2.75) is 6.92 Å². The molecule has 0 fully saturated rings. The van der Waals surface area contributed by atoms with Crippen LogP contribution < -0.4 is 11.3 Å². The van der Waals surface area contributed by atoms with Crippen LogP contribution in [0.5, 0.6) is 0 Å². The molecular weight excluding hydrogens is 242 g/mol. The van der Waals surface area contributed by atoms with E-state index in [1.54, 1.807) is 36.4 Å². The van der Waals surface area contributed by atoms with Crippen LogP contribution in [0.15, 0.2) is 62.5 Å². The summed E-state index contributed by atoms with van der Waals surface area (Å²) in [7, 11) is 0. The highest BCUT2D eigenvalue weighted by Gasteiger charge is 2.10. The van der Waals surface area contributed by atoms with Crippen molar-refractivity contribution in [3.8, 4) is 5.69 Å². The normalized spacial score (nSPS) is 10.8. The van der Waals surface area contributed by atoms with Gasteiger partial charge in [-0.2, -0.15) is 0 Å².